The van der Waals surface area contributed by atoms with E-state index in [1.165, 1.54) is 6.33 Å². The number of amides is 1. The predicted octanol–water partition coefficient (Wildman–Crippen LogP) is 1.88. The first-order valence-corrected chi connectivity index (χ1v) is 12.8. The Hall–Kier alpha value is -3.61. The molecule has 2 atom stereocenters. The van der Waals surface area contributed by atoms with Gasteiger partial charge in [0, 0.05) is 19.5 Å². The number of piperidine rings is 1. The van der Waals surface area contributed by atoms with Crippen molar-refractivity contribution in [1.29, 1.82) is 0 Å². The number of hydrogen-bond donors (Lipinski definition) is 3. The van der Waals surface area contributed by atoms with Crippen molar-refractivity contribution < 1.29 is 19.4 Å². The van der Waals surface area contributed by atoms with E-state index >= 15 is 0 Å². The number of anilines is 1. The van der Waals surface area contributed by atoms with Crippen LogP contribution < -0.4 is 5.73 Å². The van der Waals surface area contributed by atoms with Crippen molar-refractivity contribution in [3.05, 3.63) is 42.2 Å². The van der Waals surface area contributed by atoms with Gasteiger partial charge in [0.25, 0.3) is 0 Å². The fourth-order valence-electron chi connectivity index (χ4n) is 5.79. The zero-order chi connectivity index (χ0) is 26.5. The summed E-state index contributed by atoms with van der Waals surface area (Å²) >= 11 is 0. The van der Waals surface area contributed by atoms with Crippen LogP contribution in [0.5, 0.6) is 0 Å². The van der Waals surface area contributed by atoms with Gasteiger partial charge in [0.15, 0.2) is 11.5 Å². The zero-order valence-corrected chi connectivity index (χ0v) is 21.6. The molecule has 6 rings (SSSR count). The Kier molecular flexibility index (Phi) is 6.04. The lowest BCUT2D eigenvalue weighted by molar-refractivity contribution is -0.197. The van der Waals surface area contributed by atoms with Crippen molar-refractivity contribution in [2.45, 2.75) is 57.0 Å². The molecule has 0 bridgehead atoms. The zero-order valence-electron chi connectivity index (χ0n) is 21.6. The fourth-order valence-corrected chi connectivity index (χ4v) is 5.79. The molecule has 2 aliphatic rings. The molecule has 4 aromatic rings. The fraction of sp³-hybridized carbons (Fsp3) is 0.500. The minimum atomic E-state index is -1.06. The highest BCUT2D eigenvalue weighted by Gasteiger charge is 2.50. The maximum atomic E-state index is 12.8. The summed E-state index contributed by atoms with van der Waals surface area (Å²) in [4.78, 5) is 35.0. The van der Waals surface area contributed by atoms with Crippen LogP contribution in [0.1, 0.15) is 43.6 Å². The van der Waals surface area contributed by atoms with Crippen molar-refractivity contribution in [2.24, 2.45) is 0 Å². The number of hydrogen-bond acceptors (Lipinski definition) is 9. The van der Waals surface area contributed by atoms with E-state index in [-0.39, 0.29) is 25.2 Å². The van der Waals surface area contributed by atoms with Gasteiger partial charge < -0.3 is 34.8 Å². The molecule has 2 saturated heterocycles. The second-order valence-electron chi connectivity index (χ2n) is 10.7. The van der Waals surface area contributed by atoms with Crippen molar-refractivity contribution in [3.8, 4) is 0 Å². The Bertz CT molecular complexity index is 1490. The number of aliphatic hydroxyl groups is 1. The first-order chi connectivity index (χ1) is 18.2. The summed E-state index contributed by atoms with van der Waals surface area (Å²) in [5.41, 5.74) is 8.45. The van der Waals surface area contributed by atoms with E-state index in [1.807, 2.05) is 36.6 Å². The molecule has 0 aliphatic carbocycles. The summed E-state index contributed by atoms with van der Waals surface area (Å²) in [6.07, 6.45) is 4.75. The van der Waals surface area contributed by atoms with Crippen molar-refractivity contribution in [3.63, 3.8) is 0 Å². The molecule has 4 N–H and O–H groups in total. The van der Waals surface area contributed by atoms with Crippen molar-refractivity contribution in [2.75, 3.05) is 32.0 Å². The molecule has 3 aromatic heterocycles. The number of carbonyl (C=O) groups is 1. The number of fused-ring (bicyclic) bond motifs is 2. The Morgan fingerprint density at radius 1 is 1.29 bits per heavy atom. The van der Waals surface area contributed by atoms with E-state index < -0.39 is 11.2 Å². The lowest BCUT2D eigenvalue weighted by Gasteiger charge is -2.51. The molecule has 1 spiro atoms. The van der Waals surface area contributed by atoms with Gasteiger partial charge in [0.05, 0.1) is 41.2 Å². The number of rotatable bonds is 5. The maximum Gasteiger partial charge on any atom is 0.248 e. The van der Waals surface area contributed by atoms with Crippen molar-refractivity contribution in [1.82, 2.24) is 34.4 Å². The molecule has 2 aliphatic heterocycles. The van der Waals surface area contributed by atoms with Gasteiger partial charge in [-0.3, -0.25) is 4.79 Å². The number of aromatic amines is 1. The van der Waals surface area contributed by atoms with Crippen LogP contribution >= 0.6 is 0 Å². The second kappa shape index (κ2) is 9.29. The number of H-pyrrole nitrogens is 1. The van der Waals surface area contributed by atoms with Crippen LogP contribution in [0.3, 0.4) is 0 Å². The van der Waals surface area contributed by atoms with Crippen LogP contribution in [0.25, 0.3) is 22.2 Å². The molecular weight excluding hydrogens is 488 g/mol. The van der Waals surface area contributed by atoms with Crippen LogP contribution in [0.2, 0.25) is 0 Å². The molecule has 12 heteroatoms. The summed E-state index contributed by atoms with van der Waals surface area (Å²) in [5, 5.41) is 11.5. The number of carbonyl (C=O) groups excluding carboxylic acids is 1. The standard InChI is InChI=1S/C26H32N8O4/c1-16-3-4-17-18(9-16)32-20(31-17)11-37-12-21(35)33-7-5-26(6-8-33)13-25(2,36)19(10-38-26)34-15-30-22-23(27)28-14-29-24(22)34/h3-4,9,14-15,19,36H,5-8,10-13H2,1-2H3,(H,31,32)(H2,27,28,29)/t19-,25-/m1/s1. The quantitative estimate of drug-likeness (QED) is 0.357. The third-order valence-corrected chi connectivity index (χ3v) is 7.85. The van der Waals surface area contributed by atoms with Gasteiger partial charge in [-0.2, -0.15) is 0 Å². The summed E-state index contributed by atoms with van der Waals surface area (Å²) in [7, 11) is 0. The number of aromatic nitrogens is 6. The Labute approximate surface area is 219 Å². The van der Waals surface area contributed by atoms with E-state index in [2.05, 4.69) is 24.9 Å². The molecule has 1 amide bonds. The van der Waals surface area contributed by atoms with E-state index in [4.69, 9.17) is 15.2 Å². The topological polar surface area (TPSA) is 157 Å². The minimum absolute atomic E-state index is 0.0115. The van der Waals surface area contributed by atoms with E-state index in [0.29, 0.717) is 61.8 Å². The average molecular weight is 521 g/mol. The van der Waals surface area contributed by atoms with Crippen LogP contribution in [0.4, 0.5) is 5.82 Å². The van der Waals surface area contributed by atoms with Gasteiger partial charge in [0.2, 0.25) is 5.91 Å². The molecule has 1 aromatic carbocycles. The smallest absolute Gasteiger partial charge is 0.248 e. The van der Waals surface area contributed by atoms with Crippen LogP contribution in [0, 0.1) is 6.92 Å². The predicted molar refractivity (Wildman–Crippen MR) is 139 cm³/mol. The molecule has 12 nitrogen and oxygen atoms in total. The number of nitrogens with two attached hydrogens (primary N) is 1. The summed E-state index contributed by atoms with van der Waals surface area (Å²) in [6.45, 7) is 5.48. The Morgan fingerprint density at radius 3 is 2.89 bits per heavy atom. The monoisotopic (exact) mass is 520 g/mol. The third kappa shape index (κ3) is 4.48. The van der Waals surface area contributed by atoms with E-state index in [0.717, 1.165) is 16.6 Å². The summed E-state index contributed by atoms with van der Waals surface area (Å²) < 4.78 is 13.9. The van der Waals surface area contributed by atoms with Crippen LogP contribution in [-0.4, -0.2) is 82.9 Å². The third-order valence-electron chi connectivity index (χ3n) is 7.85. The van der Waals surface area contributed by atoms with Crippen molar-refractivity contribution >= 4 is 33.9 Å². The molecule has 2 fully saturated rings. The summed E-state index contributed by atoms with van der Waals surface area (Å²) in [6, 6.07) is 5.65. The highest BCUT2D eigenvalue weighted by molar-refractivity contribution is 5.81. The molecule has 38 heavy (non-hydrogen) atoms. The van der Waals surface area contributed by atoms with Gasteiger partial charge >= 0.3 is 0 Å². The first kappa shape index (κ1) is 24.7. The van der Waals surface area contributed by atoms with Gasteiger partial charge in [-0.25, -0.2) is 19.9 Å². The maximum absolute atomic E-state index is 12.8. The number of nitrogens with zero attached hydrogens (tertiary/aromatic N) is 6. The number of imidazole rings is 2. The molecule has 5 heterocycles. The highest BCUT2D eigenvalue weighted by atomic mass is 16.5. The average Bonchev–Trinajstić information content (AvgIpc) is 3.48. The van der Waals surface area contributed by atoms with E-state index in [1.54, 1.807) is 11.2 Å². The molecule has 0 unspecified atom stereocenters. The van der Waals surface area contributed by atoms with Gasteiger partial charge in [-0.1, -0.05) is 6.07 Å². The van der Waals surface area contributed by atoms with Crippen LogP contribution in [0.15, 0.2) is 30.9 Å². The van der Waals surface area contributed by atoms with Gasteiger partial charge in [-0.05, 0) is 44.4 Å². The van der Waals surface area contributed by atoms with Gasteiger partial charge in [0.1, 0.15) is 30.9 Å². The number of likely N-dealkylation sites (tertiary alicyclic amines) is 1. The molecular formula is C26H32N8O4. The summed E-state index contributed by atoms with van der Waals surface area (Å²) in [5.74, 6) is 0.938. The normalized spacial score (nSPS) is 23.4. The molecule has 0 saturated carbocycles. The Balaban J connectivity index is 1.03. The number of nitrogens with one attached hydrogen (secondary N) is 1. The number of ether oxygens (including phenoxy) is 2. The first-order valence-electron chi connectivity index (χ1n) is 12.8. The highest BCUT2D eigenvalue weighted by Crippen LogP contribution is 2.44. The van der Waals surface area contributed by atoms with Gasteiger partial charge in [-0.15, -0.1) is 0 Å². The number of benzene rings is 1. The number of nitrogen functional groups attached to an aromatic ring is 1. The minimum Gasteiger partial charge on any atom is -0.388 e. The number of aryl methyl sites for hydroxylation is 1. The lowest BCUT2D eigenvalue weighted by Crippen LogP contribution is -2.58. The SMILES string of the molecule is Cc1ccc2nc(COCC(=O)N3CCC4(CC3)C[C@@](C)(O)[C@H](n3cnc5c(N)ncnc53)CO4)[nH]c2c1. The largest absolute Gasteiger partial charge is 0.388 e. The second-order valence-corrected chi connectivity index (χ2v) is 10.7. The molecule has 0 radical (unpaired) electrons. The van der Waals surface area contributed by atoms with Crippen LogP contribution in [-0.2, 0) is 20.9 Å². The molecule has 200 valence electrons. The Morgan fingerprint density at radius 2 is 2.11 bits per heavy atom. The van der Waals surface area contributed by atoms with E-state index in [9.17, 15) is 9.90 Å². The lowest BCUT2D eigenvalue weighted by atomic mass is 9.75.